The van der Waals surface area contributed by atoms with Gasteiger partial charge in [-0.15, -0.1) is 4.95 Å². The fraction of sp³-hybridized carbons (Fsp3) is 0.0345. The number of rotatable bonds is 1. The smallest absolute Gasteiger partial charge is 0.207 e. The molecule has 6 aromatic carbocycles. The van der Waals surface area contributed by atoms with E-state index in [0.717, 1.165) is 33.7 Å². The molecule has 0 spiro atoms. The zero-order valence-corrected chi connectivity index (χ0v) is 18.7. The van der Waals surface area contributed by atoms with Crippen molar-refractivity contribution in [3.8, 4) is 17.3 Å². The summed E-state index contributed by atoms with van der Waals surface area (Å²) in [6.45, 7) is 7.36. The molecule has 0 saturated heterocycles. The molecule has 0 aromatic heterocycles. The molecule has 0 atom stereocenters. The summed E-state index contributed by atoms with van der Waals surface area (Å²) in [4.78, 5) is 7.21. The van der Waals surface area contributed by atoms with Crippen molar-refractivity contribution in [2.75, 3.05) is 0 Å². The number of nitrogens with zero attached hydrogens (tertiary/aromatic N) is 4. The van der Waals surface area contributed by atoms with Crippen LogP contribution in [-0.2, 0) is 6.18 Å². The van der Waals surface area contributed by atoms with Crippen LogP contribution in [0.25, 0.3) is 59.2 Å². The zero-order chi connectivity index (χ0) is 25.9. The van der Waals surface area contributed by atoms with E-state index in [4.69, 9.17) is 6.57 Å². The van der Waals surface area contributed by atoms with Crippen molar-refractivity contribution in [3.05, 3.63) is 106 Å². The Bertz CT molecular complexity index is 2100. The van der Waals surface area contributed by atoms with Gasteiger partial charge in [0.2, 0.25) is 6.19 Å². The van der Waals surface area contributed by atoms with E-state index >= 15 is 0 Å². The Morgan fingerprint density at radius 2 is 1.24 bits per heavy atom. The summed E-state index contributed by atoms with van der Waals surface area (Å²) in [5.74, 6) is -0.443. The Hall–Kier alpha value is -5.08. The monoisotopic (exact) mass is 492 g/mol. The minimum atomic E-state index is -4.42. The molecule has 0 aliphatic heterocycles. The Labute approximate surface area is 206 Å². The average Bonchev–Trinajstić information content (AvgIpc) is 3.34. The van der Waals surface area contributed by atoms with Gasteiger partial charge in [0.1, 0.15) is 5.82 Å². The van der Waals surface area contributed by atoms with Crippen LogP contribution in [0.3, 0.4) is 0 Å². The van der Waals surface area contributed by atoms with E-state index < -0.39 is 17.6 Å². The maximum Gasteiger partial charge on any atom is 0.416 e. The van der Waals surface area contributed by atoms with Gasteiger partial charge in [0, 0.05) is 21.5 Å². The lowest BCUT2D eigenvalue weighted by Gasteiger charge is -2.08. The summed E-state index contributed by atoms with van der Waals surface area (Å²) >= 11 is 0. The van der Waals surface area contributed by atoms with Gasteiger partial charge < -0.3 is 0 Å². The fourth-order valence-corrected chi connectivity index (χ4v) is 5.01. The third-order valence-corrected chi connectivity index (χ3v) is 6.62. The zero-order valence-electron chi connectivity index (χ0n) is 18.7. The van der Waals surface area contributed by atoms with Crippen LogP contribution in [0, 0.1) is 23.8 Å². The second-order valence-electron chi connectivity index (χ2n) is 8.58. The van der Waals surface area contributed by atoms with E-state index in [1.54, 1.807) is 24.4 Å². The molecule has 37 heavy (non-hydrogen) atoms. The van der Waals surface area contributed by atoms with Crippen LogP contribution < -0.4 is 10.7 Å². The highest BCUT2D eigenvalue weighted by molar-refractivity contribution is 6.21. The van der Waals surface area contributed by atoms with Gasteiger partial charge in [-0.2, -0.15) is 30.0 Å². The molecular formula is C29H12F4N4. The molecule has 0 saturated carbocycles. The lowest BCUT2D eigenvalue weighted by atomic mass is 10.0. The summed E-state index contributed by atoms with van der Waals surface area (Å²) in [6, 6.07) is 18.4. The van der Waals surface area contributed by atoms with E-state index in [-0.39, 0.29) is 0 Å². The Morgan fingerprint density at radius 1 is 0.676 bits per heavy atom. The molecule has 0 fully saturated rings. The summed E-state index contributed by atoms with van der Waals surface area (Å²) in [5.41, 5.74) is 0.540. The molecule has 8 heteroatoms. The molecule has 0 bridgehead atoms. The minimum Gasteiger partial charge on any atom is -0.207 e. The first-order chi connectivity index (χ1) is 17.8. The normalized spacial score (nSPS) is 13.1. The first kappa shape index (κ1) is 22.4. The highest BCUT2D eigenvalue weighted by atomic mass is 19.4. The van der Waals surface area contributed by atoms with E-state index in [2.05, 4.69) is 15.0 Å². The maximum absolute atomic E-state index is 14.0. The highest BCUT2D eigenvalue weighted by Crippen LogP contribution is 2.35. The standard InChI is InChI=1S/C29H12F4N4/c1-35-37-28-23-10-16(15-2-5-17(6-3-15)29(31,32)33)4-8-19(23)22-12-25-21(13-26(22)28)20-9-7-18(30)11-24(20)27(25)36-14-34/h2-13H/b36-27?,37-28+. The van der Waals surface area contributed by atoms with Crippen molar-refractivity contribution in [2.45, 2.75) is 6.18 Å². The predicted octanol–water partition coefficient (Wildman–Crippen LogP) is 7.12. The number of hydrogen-bond donors (Lipinski definition) is 0. The minimum absolute atomic E-state index is 0.369. The largest absolute Gasteiger partial charge is 0.416 e. The summed E-state index contributed by atoms with van der Waals surface area (Å²) in [5, 5.41) is 19.7. The molecule has 0 N–H and O–H groups in total. The molecule has 0 radical (unpaired) electrons. The van der Waals surface area contributed by atoms with Crippen molar-refractivity contribution < 1.29 is 17.6 Å². The fourth-order valence-electron chi connectivity index (χ4n) is 5.01. The quantitative estimate of drug-likeness (QED) is 0.104. The van der Waals surface area contributed by atoms with E-state index in [9.17, 15) is 22.8 Å². The Morgan fingerprint density at radius 3 is 1.86 bits per heavy atom. The third kappa shape index (κ3) is 3.42. The average molecular weight is 492 g/mol. The molecule has 6 aromatic rings. The molecule has 6 rings (SSSR count). The van der Waals surface area contributed by atoms with Gasteiger partial charge in [0.25, 0.3) is 0 Å². The molecule has 176 valence electrons. The number of halogens is 4. The topological polar surface area (TPSA) is 52.9 Å². The van der Waals surface area contributed by atoms with E-state index in [1.807, 2.05) is 18.2 Å². The molecule has 0 amide bonds. The number of nitriles is 1. The summed E-state index contributed by atoms with van der Waals surface area (Å²) < 4.78 is 53.0. The second-order valence-corrected chi connectivity index (χ2v) is 8.58. The van der Waals surface area contributed by atoms with Crippen LogP contribution in [0.15, 0.2) is 82.9 Å². The molecule has 0 unspecified atom stereocenters. The van der Waals surface area contributed by atoms with Crippen LogP contribution in [0.2, 0.25) is 0 Å². The van der Waals surface area contributed by atoms with Gasteiger partial charge >= 0.3 is 6.18 Å². The van der Waals surface area contributed by atoms with Crippen molar-refractivity contribution in [1.82, 2.24) is 0 Å². The van der Waals surface area contributed by atoms with Crippen molar-refractivity contribution in [1.29, 1.82) is 5.26 Å². The number of hydrogen-bond acceptors (Lipinski definition) is 3. The first-order valence-corrected chi connectivity index (χ1v) is 11.0. The Kier molecular flexibility index (Phi) is 4.82. The van der Waals surface area contributed by atoms with Crippen molar-refractivity contribution in [3.63, 3.8) is 0 Å². The molecule has 0 heterocycles. The van der Waals surface area contributed by atoms with Crippen molar-refractivity contribution >= 4 is 43.1 Å². The SMILES string of the molecule is [C-]#[N+]/N=c1\c2cc(-c3ccc(C(F)(F)F)cc3)ccc2c2cc3c(=NC#N)c4cc(F)ccc4c3cc12. The molecule has 0 aliphatic rings. The Balaban J connectivity index is 1.67. The van der Waals surface area contributed by atoms with Crippen LogP contribution in [0.1, 0.15) is 5.56 Å². The molecular weight excluding hydrogens is 480 g/mol. The van der Waals surface area contributed by atoms with Gasteiger partial charge in [-0.3, -0.25) is 0 Å². The van der Waals surface area contributed by atoms with Gasteiger partial charge in [0.05, 0.1) is 16.0 Å². The second kappa shape index (κ2) is 7.97. The highest BCUT2D eigenvalue weighted by Gasteiger charge is 2.30. The van der Waals surface area contributed by atoms with Crippen LogP contribution >= 0.6 is 0 Å². The number of benzene rings is 4. The van der Waals surface area contributed by atoms with Gasteiger partial charge in [-0.05, 0) is 75.1 Å². The number of fused-ring (bicyclic) bond motifs is 6. The lowest BCUT2D eigenvalue weighted by molar-refractivity contribution is -0.137. The van der Waals surface area contributed by atoms with E-state index in [1.165, 1.54) is 24.3 Å². The maximum atomic E-state index is 14.0. The molecule has 0 aliphatic carbocycles. The van der Waals surface area contributed by atoms with Gasteiger partial charge in [0.15, 0.2) is 5.36 Å². The van der Waals surface area contributed by atoms with Crippen LogP contribution in [-0.4, -0.2) is 0 Å². The van der Waals surface area contributed by atoms with Crippen LogP contribution in [0.4, 0.5) is 17.6 Å². The van der Waals surface area contributed by atoms with Gasteiger partial charge in [-0.1, -0.05) is 30.3 Å². The third-order valence-electron chi connectivity index (χ3n) is 6.62. The van der Waals surface area contributed by atoms with Crippen molar-refractivity contribution in [2.24, 2.45) is 10.1 Å². The summed E-state index contributed by atoms with van der Waals surface area (Å²) in [7, 11) is 0. The lowest BCUT2D eigenvalue weighted by Crippen LogP contribution is -2.04. The first-order valence-electron chi connectivity index (χ1n) is 11.0. The molecule has 4 nitrogen and oxygen atoms in total. The predicted molar refractivity (Wildman–Crippen MR) is 133 cm³/mol. The van der Waals surface area contributed by atoms with Crippen LogP contribution in [0.5, 0.6) is 0 Å². The number of alkyl halides is 3. The van der Waals surface area contributed by atoms with E-state index in [0.29, 0.717) is 43.4 Å². The van der Waals surface area contributed by atoms with Gasteiger partial charge in [-0.25, -0.2) is 4.39 Å². The summed E-state index contributed by atoms with van der Waals surface area (Å²) in [6.07, 6.45) is -2.63.